The fourth-order valence-corrected chi connectivity index (χ4v) is 2.29. The third kappa shape index (κ3) is 4.35. The summed E-state index contributed by atoms with van der Waals surface area (Å²) in [5, 5.41) is 0. The molecule has 1 rings (SSSR count). The third-order valence-corrected chi connectivity index (χ3v) is 3.43. The van der Waals surface area contributed by atoms with E-state index in [-0.39, 0.29) is 5.97 Å². The molecule has 0 spiro atoms. The normalized spacial score (nSPS) is 11.7. The average molecular weight is 263 g/mol. The quantitative estimate of drug-likeness (QED) is 0.765. The van der Waals surface area contributed by atoms with E-state index in [2.05, 4.69) is 36.9 Å². The summed E-state index contributed by atoms with van der Waals surface area (Å²) in [6, 6.07) is 6.49. The lowest BCUT2D eigenvalue weighted by Crippen LogP contribution is -2.37. The number of methoxy groups -OCH3 is 1. The molecule has 0 bridgehead atoms. The largest absolute Gasteiger partial charge is 0.469 e. The van der Waals surface area contributed by atoms with Crippen LogP contribution in [0.25, 0.3) is 0 Å². The summed E-state index contributed by atoms with van der Waals surface area (Å²) in [6.07, 6.45) is 0. The highest BCUT2D eigenvalue weighted by molar-refractivity contribution is 5.76. The zero-order valence-corrected chi connectivity index (χ0v) is 12.9. The van der Waals surface area contributed by atoms with Crippen LogP contribution in [-0.4, -0.2) is 31.6 Å². The molecule has 3 nitrogen and oxygen atoms in total. The van der Waals surface area contributed by atoms with Crippen molar-refractivity contribution in [3.05, 3.63) is 34.9 Å². The molecule has 0 radical (unpaired) electrons. The molecule has 0 N–H and O–H groups in total. The number of hydrogen-bond acceptors (Lipinski definition) is 3. The highest BCUT2D eigenvalue weighted by Gasteiger charge is 2.29. The smallest absolute Gasteiger partial charge is 0.312 e. The topological polar surface area (TPSA) is 29.5 Å². The second-order valence-corrected chi connectivity index (χ2v) is 5.97. The minimum absolute atomic E-state index is 0.167. The molecule has 0 unspecified atom stereocenters. The zero-order valence-electron chi connectivity index (χ0n) is 12.9. The van der Waals surface area contributed by atoms with Crippen molar-refractivity contribution in [3.8, 4) is 0 Å². The van der Waals surface area contributed by atoms with Gasteiger partial charge in [0.15, 0.2) is 0 Å². The van der Waals surface area contributed by atoms with E-state index in [4.69, 9.17) is 4.74 Å². The van der Waals surface area contributed by atoms with Crippen LogP contribution in [0.15, 0.2) is 18.2 Å². The first-order valence-electron chi connectivity index (χ1n) is 6.59. The van der Waals surface area contributed by atoms with Gasteiger partial charge in [0.2, 0.25) is 0 Å². The van der Waals surface area contributed by atoms with Crippen molar-refractivity contribution in [3.63, 3.8) is 0 Å². The standard InChI is InChI=1S/C16H25NO2/c1-12-7-8-14(9-13(12)2)10-17(5)11-16(3,4)15(18)19-6/h7-9H,10-11H2,1-6H3. The maximum atomic E-state index is 11.7. The summed E-state index contributed by atoms with van der Waals surface area (Å²) in [4.78, 5) is 13.8. The lowest BCUT2D eigenvalue weighted by Gasteiger charge is -2.28. The Hall–Kier alpha value is -1.35. The molecule has 3 heteroatoms. The van der Waals surface area contributed by atoms with Crippen molar-refractivity contribution in [1.82, 2.24) is 4.90 Å². The highest BCUT2D eigenvalue weighted by atomic mass is 16.5. The first-order valence-corrected chi connectivity index (χ1v) is 6.59. The first kappa shape index (κ1) is 15.7. The van der Waals surface area contributed by atoms with Gasteiger partial charge in [-0.05, 0) is 51.4 Å². The highest BCUT2D eigenvalue weighted by Crippen LogP contribution is 2.20. The molecule has 0 aliphatic rings. The molecular weight excluding hydrogens is 238 g/mol. The fourth-order valence-electron chi connectivity index (χ4n) is 2.29. The van der Waals surface area contributed by atoms with Crippen LogP contribution in [0.5, 0.6) is 0 Å². The SMILES string of the molecule is COC(=O)C(C)(C)CN(C)Cc1ccc(C)c(C)c1. The van der Waals surface area contributed by atoms with Crippen molar-refractivity contribution < 1.29 is 9.53 Å². The van der Waals surface area contributed by atoms with Gasteiger partial charge in [0.1, 0.15) is 0 Å². The Morgan fingerprint density at radius 2 is 1.89 bits per heavy atom. The summed E-state index contributed by atoms with van der Waals surface area (Å²) < 4.78 is 4.84. The van der Waals surface area contributed by atoms with E-state index in [9.17, 15) is 4.79 Å². The Balaban J connectivity index is 2.67. The van der Waals surface area contributed by atoms with Crippen LogP contribution < -0.4 is 0 Å². The minimum atomic E-state index is -0.483. The van der Waals surface area contributed by atoms with Crippen molar-refractivity contribution in [2.75, 3.05) is 20.7 Å². The molecule has 1 aromatic carbocycles. The molecule has 0 aliphatic heterocycles. The van der Waals surface area contributed by atoms with Crippen LogP contribution in [0.4, 0.5) is 0 Å². The van der Waals surface area contributed by atoms with Crippen molar-refractivity contribution in [1.29, 1.82) is 0 Å². The fraction of sp³-hybridized carbons (Fsp3) is 0.562. The van der Waals surface area contributed by atoms with Crippen LogP contribution >= 0.6 is 0 Å². The molecule has 1 aromatic rings. The Kier molecular flexibility index (Phi) is 5.12. The maximum absolute atomic E-state index is 11.7. The number of aryl methyl sites for hydroxylation is 2. The molecule has 106 valence electrons. The second-order valence-electron chi connectivity index (χ2n) is 5.97. The van der Waals surface area contributed by atoms with Gasteiger partial charge < -0.3 is 9.64 Å². The Labute approximate surface area is 116 Å². The van der Waals surface area contributed by atoms with Crippen molar-refractivity contribution >= 4 is 5.97 Å². The van der Waals surface area contributed by atoms with Gasteiger partial charge in [-0.1, -0.05) is 18.2 Å². The molecule has 0 saturated carbocycles. The number of rotatable bonds is 5. The summed E-state index contributed by atoms with van der Waals surface area (Å²) >= 11 is 0. The molecule has 0 saturated heterocycles. The number of ether oxygens (including phenoxy) is 1. The second kappa shape index (κ2) is 6.20. The Bertz CT molecular complexity index is 452. The molecule has 0 heterocycles. The molecule has 0 amide bonds. The van der Waals surface area contributed by atoms with E-state index in [1.165, 1.54) is 23.8 Å². The number of benzene rings is 1. The van der Waals surface area contributed by atoms with Gasteiger partial charge in [0.25, 0.3) is 0 Å². The van der Waals surface area contributed by atoms with Gasteiger partial charge in [-0.25, -0.2) is 0 Å². The number of nitrogens with zero attached hydrogens (tertiary/aromatic N) is 1. The minimum Gasteiger partial charge on any atom is -0.469 e. The summed E-state index contributed by atoms with van der Waals surface area (Å²) in [5.74, 6) is -0.167. The van der Waals surface area contributed by atoms with E-state index in [1.54, 1.807) is 0 Å². The van der Waals surface area contributed by atoms with Gasteiger partial charge in [-0.2, -0.15) is 0 Å². The lowest BCUT2D eigenvalue weighted by atomic mass is 9.93. The van der Waals surface area contributed by atoms with Crippen LogP contribution in [-0.2, 0) is 16.1 Å². The summed E-state index contributed by atoms with van der Waals surface area (Å²) in [6.45, 7) is 9.57. The van der Waals surface area contributed by atoms with E-state index in [0.29, 0.717) is 6.54 Å². The molecule has 0 aliphatic carbocycles. The van der Waals surface area contributed by atoms with E-state index >= 15 is 0 Å². The summed E-state index contributed by atoms with van der Waals surface area (Å²) in [7, 11) is 3.47. The van der Waals surface area contributed by atoms with Gasteiger partial charge in [0, 0.05) is 13.1 Å². The predicted octanol–water partition coefficient (Wildman–Crippen LogP) is 2.93. The monoisotopic (exact) mass is 263 g/mol. The van der Waals surface area contributed by atoms with E-state index in [0.717, 1.165) is 6.54 Å². The van der Waals surface area contributed by atoms with E-state index in [1.807, 2.05) is 20.9 Å². The van der Waals surface area contributed by atoms with Gasteiger partial charge in [-0.3, -0.25) is 4.79 Å². The molecule has 19 heavy (non-hydrogen) atoms. The average Bonchev–Trinajstić information content (AvgIpc) is 2.32. The third-order valence-electron chi connectivity index (χ3n) is 3.43. The van der Waals surface area contributed by atoms with Gasteiger partial charge >= 0.3 is 5.97 Å². The summed E-state index contributed by atoms with van der Waals surface area (Å²) in [5.41, 5.74) is 3.40. The molecule has 0 fully saturated rings. The molecular formula is C16H25NO2. The maximum Gasteiger partial charge on any atom is 0.312 e. The van der Waals surface area contributed by atoms with Crippen LogP contribution in [0, 0.1) is 19.3 Å². The number of carbonyl (C=O) groups excluding carboxylic acids is 1. The van der Waals surface area contributed by atoms with Gasteiger partial charge in [0.05, 0.1) is 12.5 Å². The van der Waals surface area contributed by atoms with Gasteiger partial charge in [-0.15, -0.1) is 0 Å². The number of hydrogen-bond donors (Lipinski definition) is 0. The lowest BCUT2D eigenvalue weighted by molar-refractivity contribution is -0.151. The molecule has 0 aromatic heterocycles. The Morgan fingerprint density at radius 1 is 1.26 bits per heavy atom. The van der Waals surface area contributed by atoms with Crippen LogP contribution in [0.3, 0.4) is 0 Å². The van der Waals surface area contributed by atoms with E-state index < -0.39 is 5.41 Å². The Morgan fingerprint density at radius 3 is 2.42 bits per heavy atom. The van der Waals surface area contributed by atoms with Crippen LogP contribution in [0.1, 0.15) is 30.5 Å². The van der Waals surface area contributed by atoms with Crippen LogP contribution in [0.2, 0.25) is 0 Å². The van der Waals surface area contributed by atoms with Crippen molar-refractivity contribution in [2.45, 2.75) is 34.2 Å². The molecule has 0 atom stereocenters. The number of carbonyl (C=O) groups is 1. The zero-order chi connectivity index (χ0) is 14.6. The van der Waals surface area contributed by atoms with Crippen molar-refractivity contribution in [2.24, 2.45) is 5.41 Å². The predicted molar refractivity (Wildman–Crippen MR) is 78.0 cm³/mol. The first-order chi connectivity index (χ1) is 8.76. The number of esters is 1.